The number of rotatable bonds is 2. The summed E-state index contributed by atoms with van der Waals surface area (Å²) in [5.74, 6) is 0. The van der Waals surface area contributed by atoms with Crippen molar-refractivity contribution in [2.45, 2.75) is 25.4 Å². The van der Waals surface area contributed by atoms with Gasteiger partial charge in [0.1, 0.15) is 6.10 Å². The quantitative estimate of drug-likeness (QED) is 0.722. The van der Waals surface area contributed by atoms with Crippen LogP contribution in [0.5, 0.6) is 5.19 Å². The fraction of sp³-hybridized carbons (Fsp3) is 0.667. The van der Waals surface area contributed by atoms with Gasteiger partial charge in [0, 0.05) is 0 Å². The molecule has 0 amide bonds. The van der Waals surface area contributed by atoms with Crippen LogP contribution in [0, 0.1) is 0 Å². The van der Waals surface area contributed by atoms with Gasteiger partial charge in [-0.15, -0.1) is 5.10 Å². The molecule has 1 aromatic heterocycles. The van der Waals surface area contributed by atoms with Crippen LogP contribution in [0.2, 0.25) is 0 Å². The van der Waals surface area contributed by atoms with E-state index >= 15 is 0 Å². The minimum atomic E-state index is 0.363. The molecule has 11 heavy (non-hydrogen) atoms. The van der Waals surface area contributed by atoms with Gasteiger partial charge < -0.3 is 10.5 Å². The minimum absolute atomic E-state index is 0.363. The molecule has 0 saturated heterocycles. The predicted molar refractivity (Wildman–Crippen MR) is 42.6 cm³/mol. The Bertz CT molecular complexity index is 246. The lowest BCUT2D eigenvalue weighted by Gasteiger charge is -2.24. The SMILES string of the molecule is Nc1nnc(OC2CCC2)s1. The van der Waals surface area contributed by atoms with E-state index in [2.05, 4.69) is 10.2 Å². The summed E-state index contributed by atoms with van der Waals surface area (Å²) in [6.07, 6.45) is 3.90. The van der Waals surface area contributed by atoms with Gasteiger partial charge in [-0.3, -0.25) is 0 Å². The number of nitrogens with two attached hydrogens (primary N) is 1. The molecule has 1 fully saturated rings. The topological polar surface area (TPSA) is 61.0 Å². The third-order valence-electron chi connectivity index (χ3n) is 1.74. The summed E-state index contributed by atoms with van der Waals surface area (Å²) >= 11 is 1.30. The molecule has 1 heterocycles. The van der Waals surface area contributed by atoms with Crippen molar-refractivity contribution in [3.63, 3.8) is 0 Å². The molecule has 2 N–H and O–H groups in total. The van der Waals surface area contributed by atoms with Crippen LogP contribution >= 0.6 is 11.3 Å². The average Bonchev–Trinajstić information content (AvgIpc) is 2.27. The first-order chi connectivity index (χ1) is 5.34. The van der Waals surface area contributed by atoms with Gasteiger partial charge in [0.15, 0.2) is 0 Å². The van der Waals surface area contributed by atoms with E-state index in [0.717, 1.165) is 12.8 Å². The summed E-state index contributed by atoms with van der Waals surface area (Å²) < 4.78 is 5.44. The van der Waals surface area contributed by atoms with E-state index in [0.29, 0.717) is 16.4 Å². The second-order valence-corrected chi connectivity index (χ2v) is 3.55. The summed E-state index contributed by atoms with van der Waals surface area (Å²) in [4.78, 5) is 0. The zero-order chi connectivity index (χ0) is 7.68. The Morgan fingerprint density at radius 1 is 1.45 bits per heavy atom. The Hall–Kier alpha value is -0.840. The van der Waals surface area contributed by atoms with Crippen LogP contribution < -0.4 is 10.5 Å². The van der Waals surface area contributed by atoms with Gasteiger partial charge in [-0.05, 0) is 30.6 Å². The van der Waals surface area contributed by atoms with Crippen molar-refractivity contribution in [2.24, 2.45) is 0 Å². The monoisotopic (exact) mass is 171 g/mol. The van der Waals surface area contributed by atoms with Crippen molar-refractivity contribution < 1.29 is 4.74 Å². The van der Waals surface area contributed by atoms with Crippen LogP contribution in [0.15, 0.2) is 0 Å². The Morgan fingerprint density at radius 3 is 2.73 bits per heavy atom. The largest absolute Gasteiger partial charge is 0.466 e. The molecular formula is C6H9N3OS. The maximum Gasteiger partial charge on any atom is 0.296 e. The standard InChI is InChI=1S/C6H9N3OS/c7-5-8-9-6(11-5)10-4-2-1-3-4/h4H,1-3H2,(H2,7,8). The first-order valence-corrected chi connectivity index (χ1v) is 4.42. The summed E-state index contributed by atoms with van der Waals surface area (Å²) in [6, 6.07) is 0. The van der Waals surface area contributed by atoms with E-state index in [1.54, 1.807) is 0 Å². The van der Waals surface area contributed by atoms with Crippen LogP contribution in [0.25, 0.3) is 0 Å². The van der Waals surface area contributed by atoms with Gasteiger partial charge in [-0.2, -0.15) is 0 Å². The van der Waals surface area contributed by atoms with Crippen LogP contribution in [0.1, 0.15) is 19.3 Å². The Morgan fingerprint density at radius 2 is 2.27 bits per heavy atom. The molecule has 5 heteroatoms. The molecule has 0 atom stereocenters. The van der Waals surface area contributed by atoms with E-state index in [1.165, 1.54) is 17.8 Å². The summed E-state index contributed by atoms with van der Waals surface area (Å²) in [7, 11) is 0. The first kappa shape index (κ1) is 6.84. The maximum absolute atomic E-state index is 5.44. The van der Waals surface area contributed by atoms with Gasteiger partial charge in [-0.25, -0.2) is 0 Å². The van der Waals surface area contributed by atoms with Crippen molar-refractivity contribution in [3.05, 3.63) is 0 Å². The number of aromatic nitrogens is 2. The number of anilines is 1. The number of nitrogens with zero attached hydrogens (tertiary/aromatic N) is 2. The lowest BCUT2D eigenvalue weighted by atomic mass is 9.96. The van der Waals surface area contributed by atoms with E-state index in [9.17, 15) is 0 Å². The third kappa shape index (κ3) is 1.42. The van der Waals surface area contributed by atoms with E-state index in [-0.39, 0.29) is 0 Å². The minimum Gasteiger partial charge on any atom is -0.466 e. The molecule has 1 aromatic rings. The van der Waals surface area contributed by atoms with Crippen molar-refractivity contribution >= 4 is 16.5 Å². The van der Waals surface area contributed by atoms with Gasteiger partial charge in [0.05, 0.1) is 0 Å². The number of hydrogen-bond donors (Lipinski definition) is 1. The van der Waals surface area contributed by atoms with Crippen LogP contribution in [-0.2, 0) is 0 Å². The predicted octanol–water partition coefficient (Wildman–Crippen LogP) is 1.05. The zero-order valence-corrected chi connectivity index (χ0v) is 6.80. The molecule has 0 bridgehead atoms. The van der Waals surface area contributed by atoms with E-state index in [4.69, 9.17) is 10.5 Å². The van der Waals surface area contributed by atoms with Gasteiger partial charge >= 0.3 is 0 Å². The normalized spacial score (nSPS) is 17.8. The molecule has 2 rings (SSSR count). The molecule has 1 aliphatic carbocycles. The highest BCUT2D eigenvalue weighted by molar-refractivity contribution is 7.16. The molecular weight excluding hydrogens is 162 g/mol. The van der Waals surface area contributed by atoms with Crippen molar-refractivity contribution in [2.75, 3.05) is 5.73 Å². The Kier molecular flexibility index (Phi) is 1.65. The van der Waals surface area contributed by atoms with E-state index < -0.39 is 0 Å². The Labute approximate surface area is 68.4 Å². The average molecular weight is 171 g/mol. The molecule has 0 radical (unpaired) electrons. The lowest BCUT2D eigenvalue weighted by Crippen LogP contribution is -2.24. The fourth-order valence-electron chi connectivity index (χ4n) is 0.899. The summed E-state index contributed by atoms with van der Waals surface area (Å²) in [5, 5.41) is 8.48. The van der Waals surface area contributed by atoms with Crippen molar-refractivity contribution in [1.29, 1.82) is 0 Å². The fourth-order valence-corrected chi connectivity index (χ4v) is 1.43. The van der Waals surface area contributed by atoms with Gasteiger partial charge in [0.2, 0.25) is 5.13 Å². The molecule has 1 saturated carbocycles. The molecule has 60 valence electrons. The molecule has 1 aliphatic rings. The van der Waals surface area contributed by atoms with Gasteiger partial charge in [0.25, 0.3) is 5.19 Å². The number of hydrogen-bond acceptors (Lipinski definition) is 5. The smallest absolute Gasteiger partial charge is 0.296 e. The zero-order valence-electron chi connectivity index (χ0n) is 5.99. The first-order valence-electron chi connectivity index (χ1n) is 3.60. The highest BCUT2D eigenvalue weighted by atomic mass is 32.1. The lowest BCUT2D eigenvalue weighted by molar-refractivity contribution is 0.119. The number of nitrogen functional groups attached to an aromatic ring is 1. The van der Waals surface area contributed by atoms with Crippen LogP contribution in [-0.4, -0.2) is 16.3 Å². The summed E-state index contributed by atoms with van der Waals surface area (Å²) in [5.41, 5.74) is 5.38. The highest BCUT2D eigenvalue weighted by Crippen LogP contribution is 2.27. The van der Waals surface area contributed by atoms with Gasteiger partial charge in [-0.1, -0.05) is 5.10 Å². The van der Waals surface area contributed by atoms with Crippen LogP contribution in [0.4, 0.5) is 5.13 Å². The van der Waals surface area contributed by atoms with E-state index in [1.807, 2.05) is 0 Å². The highest BCUT2D eigenvalue weighted by Gasteiger charge is 2.20. The molecule has 0 unspecified atom stereocenters. The molecule has 0 spiro atoms. The Balaban J connectivity index is 1.95. The maximum atomic E-state index is 5.44. The van der Waals surface area contributed by atoms with Crippen molar-refractivity contribution in [3.8, 4) is 5.19 Å². The number of ether oxygens (including phenoxy) is 1. The summed E-state index contributed by atoms with van der Waals surface area (Å²) in [6.45, 7) is 0. The molecule has 0 aromatic carbocycles. The van der Waals surface area contributed by atoms with Crippen molar-refractivity contribution in [1.82, 2.24) is 10.2 Å². The molecule has 4 nitrogen and oxygen atoms in total. The second kappa shape index (κ2) is 2.65. The molecule has 0 aliphatic heterocycles. The van der Waals surface area contributed by atoms with Crippen LogP contribution in [0.3, 0.4) is 0 Å². The second-order valence-electron chi connectivity index (χ2n) is 2.58. The third-order valence-corrected chi connectivity index (χ3v) is 2.39.